The van der Waals surface area contributed by atoms with Gasteiger partial charge in [0.25, 0.3) is 0 Å². The first-order valence-corrected chi connectivity index (χ1v) is 8.60. The predicted octanol–water partition coefficient (Wildman–Crippen LogP) is -0.0387. The number of hydrogen-bond donors (Lipinski definition) is 1. The lowest BCUT2D eigenvalue weighted by atomic mass is 9.86. The molecule has 1 amide bonds. The molecule has 1 atom stereocenters. The molecular formula is C16H25N5O4. The third kappa shape index (κ3) is 3.98. The van der Waals surface area contributed by atoms with Crippen molar-refractivity contribution >= 4 is 11.9 Å². The molecule has 1 aromatic heterocycles. The van der Waals surface area contributed by atoms with Gasteiger partial charge in [-0.2, -0.15) is 0 Å². The number of aryl methyl sites for hydroxylation is 1. The van der Waals surface area contributed by atoms with E-state index in [0.29, 0.717) is 31.3 Å². The lowest BCUT2D eigenvalue weighted by molar-refractivity contribution is -0.144. The van der Waals surface area contributed by atoms with Crippen molar-refractivity contribution in [2.75, 3.05) is 39.8 Å². The Balaban J connectivity index is 1.69. The first-order valence-electron chi connectivity index (χ1n) is 8.60. The molecule has 1 N–H and O–H groups in total. The second-order valence-electron chi connectivity index (χ2n) is 7.03. The van der Waals surface area contributed by atoms with Crippen LogP contribution in [0.3, 0.4) is 0 Å². The zero-order chi connectivity index (χ0) is 18.0. The molecule has 1 unspecified atom stereocenters. The maximum atomic E-state index is 12.3. The van der Waals surface area contributed by atoms with Crippen LogP contribution in [0, 0.1) is 6.92 Å². The van der Waals surface area contributed by atoms with E-state index in [2.05, 4.69) is 27.0 Å². The van der Waals surface area contributed by atoms with Gasteiger partial charge in [-0.1, -0.05) is 0 Å². The highest BCUT2D eigenvalue weighted by atomic mass is 16.4. The molecule has 138 valence electrons. The quantitative estimate of drug-likeness (QED) is 0.806. The summed E-state index contributed by atoms with van der Waals surface area (Å²) in [5.41, 5.74) is -0.129. The average Bonchev–Trinajstić information content (AvgIpc) is 2.90. The van der Waals surface area contributed by atoms with E-state index in [1.165, 1.54) is 4.90 Å². The minimum Gasteiger partial charge on any atom is -0.480 e. The van der Waals surface area contributed by atoms with Crippen LogP contribution in [0.5, 0.6) is 0 Å². The zero-order valence-corrected chi connectivity index (χ0v) is 14.8. The molecule has 0 aromatic carbocycles. The second-order valence-corrected chi connectivity index (χ2v) is 7.03. The Morgan fingerprint density at radius 3 is 2.76 bits per heavy atom. The van der Waals surface area contributed by atoms with Crippen molar-refractivity contribution in [2.24, 2.45) is 0 Å². The van der Waals surface area contributed by atoms with Crippen LogP contribution in [-0.4, -0.2) is 87.2 Å². The number of likely N-dealkylation sites (tertiary alicyclic amines) is 1. The average molecular weight is 351 g/mol. The number of carbonyl (C=O) groups excluding carboxylic acids is 1. The van der Waals surface area contributed by atoms with Gasteiger partial charge in [0, 0.05) is 45.1 Å². The van der Waals surface area contributed by atoms with Crippen molar-refractivity contribution in [3.05, 3.63) is 11.8 Å². The Bertz CT molecular complexity index is 648. The van der Waals surface area contributed by atoms with Crippen molar-refractivity contribution in [1.82, 2.24) is 24.9 Å². The summed E-state index contributed by atoms with van der Waals surface area (Å²) in [5.74, 6) is 0.129. The van der Waals surface area contributed by atoms with E-state index in [0.717, 1.165) is 32.5 Å². The fourth-order valence-electron chi connectivity index (χ4n) is 3.83. The van der Waals surface area contributed by atoms with Crippen LogP contribution < -0.4 is 0 Å². The summed E-state index contributed by atoms with van der Waals surface area (Å²) >= 11 is 0. The van der Waals surface area contributed by atoms with Gasteiger partial charge in [0.2, 0.25) is 17.7 Å². The van der Waals surface area contributed by atoms with E-state index in [-0.39, 0.29) is 18.0 Å². The number of carboxylic acid groups (broad SMARTS) is 1. The van der Waals surface area contributed by atoms with E-state index >= 15 is 0 Å². The number of aromatic nitrogens is 2. The largest absolute Gasteiger partial charge is 0.480 e. The van der Waals surface area contributed by atoms with Crippen molar-refractivity contribution in [3.8, 4) is 0 Å². The number of carbonyl (C=O) groups is 2. The van der Waals surface area contributed by atoms with E-state index in [4.69, 9.17) is 9.52 Å². The van der Waals surface area contributed by atoms with Crippen LogP contribution in [0.25, 0.3) is 0 Å². The van der Waals surface area contributed by atoms with Gasteiger partial charge >= 0.3 is 5.97 Å². The number of hydrogen-bond acceptors (Lipinski definition) is 7. The van der Waals surface area contributed by atoms with Crippen LogP contribution >= 0.6 is 0 Å². The summed E-state index contributed by atoms with van der Waals surface area (Å²) in [4.78, 5) is 29.3. The molecule has 2 saturated heterocycles. The fourth-order valence-corrected chi connectivity index (χ4v) is 3.83. The highest BCUT2D eigenvalue weighted by Gasteiger charge is 2.42. The van der Waals surface area contributed by atoms with Crippen LogP contribution in [0.4, 0.5) is 0 Å². The summed E-state index contributed by atoms with van der Waals surface area (Å²) in [6.45, 7) is 5.22. The molecule has 1 aromatic rings. The first kappa shape index (κ1) is 17.8. The Kier molecular flexibility index (Phi) is 5.05. The van der Waals surface area contributed by atoms with Gasteiger partial charge < -0.3 is 14.4 Å². The minimum atomic E-state index is -0.963. The molecule has 9 nitrogen and oxygen atoms in total. The molecule has 3 rings (SSSR count). The molecule has 2 aliphatic rings. The van der Waals surface area contributed by atoms with E-state index in [1.807, 2.05) is 0 Å². The normalized spacial score (nSPS) is 26.2. The van der Waals surface area contributed by atoms with Crippen molar-refractivity contribution in [3.63, 3.8) is 0 Å². The molecule has 2 aliphatic heterocycles. The van der Waals surface area contributed by atoms with Gasteiger partial charge in [0.1, 0.15) is 6.54 Å². The summed E-state index contributed by atoms with van der Waals surface area (Å²) in [6, 6.07) is 0. The smallest absolute Gasteiger partial charge is 0.323 e. The fraction of sp³-hybridized carbons (Fsp3) is 0.750. The molecule has 2 fully saturated rings. The number of piperazine rings is 1. The number of amides is 1. The Labute approximate surface area is 146 Å². The summed E-state index contributed by atoms with van der Waals surface area (Å²) in [7, 11) is 2.09. The number of nitrogens with zero attached hydrogens (tertiary/aromatic N) is 5. The maximum absolute atomic E-state index is 12.3. The van der Waals surface area contributed by atoms with Crippen molar-refractivity contribution < 1.29 is 19.1 Å². The molecule has 3 heterocycles. The maximum Gasteiger partial charge on any atom is 0.323 e. The van der Waals surface area contributed by atoms with Crippen LogP contribution in [0.1, 0.15) is 31.0 Å². The Morgan fingerprint density at radius 2 is 2.08 bits per heavy atom. The molecular weight excluding hydrogens is 326 g/mol. The van der Waals surface area contributed by atoms with Crippen LogP contribution in [0.2, 0.25) is 0 Å². The highest BCUT2D eigenvalue weighted by molar-refractivity contribution is 5.81. The summed E-state index contributed by atoms with van der Waals surface area (Å²) in [5, 5.41) is 16.9. The van der Waals surface area contributed by atoms with E-state index in [9.17, 15) is 9.59 Å². The Hall–Kier alpha value is -2.00. The summed E-state index contributed by atoms with van der Waals surface area (Å²) in [6.07, 6.45) is 1.88. The third-order valence-electron chi connectivity index (χ3n) is 5.34. The molecule has 0 radical (unpaired) electrons. The van der Waals surface area contributed by atoms with E-state index in [1.54, 1.807) is 6.92 Å². The van der Waals surface area contributed by atoms with Crippen LogP contribution in [-0.2, 0) is 16.1 Å². The second kappa shape index (κ2) is 7.09. The van der Waals surface area contributed by atoms with Gasteiger partial charge in [-0.15, -0.1) is 10.2 Å². The molecule has 0 aliphatic carbocycles. The highest BCUT2D eigenvalue weighted by Crippen LogP contribution is 2.32. The number of aliphatic carboxylic acids is 1. The lowest BCUT2D eigenvalue weighted by Crippen LogP contribution is -2.60. The molecule has 0 bridgehead atoms. The minimum absolute atomic E-state index is 0.0719. The number of rotatable bonds is 4. The van der Waals surface area contributed by atoms with Crippen molar-refractivity contribution in [2.45, 2.75) is 38.3 Å². The molecule has 25 heavy (non-hydrogen) atoms. The molecule has 0 saturated carbocycles. The summed E-state index contributed by atoms with van der Waals surface area (Å²) < 4.78 is 5.49. The van der Waals surface area contributed by atoms with Gasteiger partial charge in [-0.3, -0.25) is 19.4 Å². The Morgan fingerprint density at radius 1 is 1.28 bits per heavy atom. The van der Waals surface area contributed by atoms with Crippen LogP contribution in [0.15, 0.2) is 4.42 Å². The number of likely N-dealkylation sites (N-methyl/N-ethyl adjacent to an activating group) is 1. The number of carboxylic acids is 1. The van der Waals surface area contributed by atoms with Gasteiger partial charge in [0.15, 0.2) is 0 Å². The predicted molar refractivity (Wildman–Crippen MR) is 87.7 cm³/mol. The zero-order valence-electron chi connectivity index (χ0n) is 14.8. The van der Waals surface area contributed by atoms with Gasteiger partial charge in [-0.05, 0) is 19.9 Å². The molecule has 1 spiro atoms. The SMILES string of the molecule is Cc1nnc(CN2CCN(C)C3(CCC(=O)N(CC(=O)O)CC3)C2)o1. The lowest BCUT2D eigenvalue weighted by Gasteiger charge is -2.49. The molecule has 9 heteroatoms. The standard InChI is InChI=1S/C16H25N5O4/c1-12-17-18-13(25-12)9-20-8-7-19(2)16(11-20)4-3-14(22)21(6-5-16)10-15(23)24/h3-11H2,1-2H3,(H,23,24). The topological polar surface area (TPSA) is 103 Å². The monoisotopic (exact) mass is 351 g/mol. The van der Waals surface area contributed by atoms with Crippen molar-refractivity contribution in [1.29, 1.82) is 0 Å². The van der Waals surface area contributed by atoms with E-state index < -0.39 is 5.97 Å². The van der Waals surface area contributed by atoms with Gasteiger partial charge in [-0.25, -0.2) is 0 Å². The third-order valence-corrected chi connectivity index (χ3v) is 5.34. The van der Waals surface area contributed by atoms with Gasteiger partial charge in [0.05, 0.1) is 6.54 Å². The first-order chi connectivity index (χ1) is 11.9.